The van der Waals surface area contributed by atoms with E-state index in [0.717, 1.165) is 57.8 Å². The lowest BCUT2D eigenvalue weighted by Gasteiger charge is -2.22. The maximum Gasteiger partial charge on any atom is 0.305 e. The minimum Gasteiger partial charge on any atom is -0.466 e. The summed E-state index contributed by atoms with van der Waals surface area (Å²) in [5.41, 5.74) is 0. The highest BCUT2D eigenvalue weighted by Crippen LogP contribution is 2.16. The van der Waals surface area contributed by atoms with E-state index in [1.54, 1.807) is 0 Å². The Morgan fingerprint density at radius 1 is 0.444 bits per heavy atom. The zero-order valence-corrected chi connectivity index (χ0v) is 42.1. The summed E-state index contributed by atoms with van der Waals surface area (Å²) in [6.07, 6.45) is 64.2. The Kier molecular flexibility index (Phi) is 51.1. The number of hydrogen-bond donors (Lipinski definition) is 3. The molecule has 0 saturated carbocycles. The molecule has 0 aliphatic heterocycles. The van der Waals surface area contributed by atoms with Gasteiger partial charge in [0, 0.05) is 12.8 Å². The average Bonchev–Trinajstić information content (AvgIpc) is 3.28. The minimum atomic E-state index is -0.670. The molecule has 0 saturated heterocycles. The van der Waals surface area contributed by atoms with Crippen LogP contribution < -0.4 is 5.32 Å². The molecule has 0 heterocycles. The van der Waals surface area contributed by atoms with E-state index in [4.69, 9.17) is 4.74 Å². The van der Waals surface area contributed by atoms with Crippen molar-refractivity contribution < 1.29 is 24.5 Å². The van der Waals surface area contributed by atoms with Crippen LogP contribution in [0.1, 0.15) is 290 Å². The second kappa shape index (κ2) is 52.7. The Hall–Kier alpha value is -1.92. The predicted molar refractivity (Wildman–Crippen MR) is 273 cm³/mol. The molecule has 0 radical (unpaired) electrons. The fraction of sp³-hybridized carbons (Fsp3) is 0.860. The van der Waals surface area contributed by atoms with Crippen LogP contribution in [0.3, 0.4) is 0 Å². The molecule has 2 unspecified atom stereocenters. The van der Waals surface area contributed by atoms with Crippen molar-refractivity contribution in [1.29, 1.82) is 0 Å². The Bertz CT molecular complexity index is 1020. The lowest BCUT2D eigenvalue weighted by Crippen LogP contribution is -2.45. The normalized spacial score (nSPS) is 12.9. The number of carbonyl (C=O) groups is 2. The molecule has 3 N–H and O–H groups in total. The predicted octanol–water partition coefficient (Wildman–Crippen LogP) is 16.9. The van der Waals surface area contributed by atoms with Crippen molar-refractivity contribution in [3.63, 3.8) is 0 Å². The Labute approximate surface area is 392 Å². The molecule has 63 heavy (non-hydrogen) atoms. The molecule has 370 valence electrons. The van der Waals surface area contributed by atoms with Gasteiger partial charge in [-0.05, 0) is 77.0 Å². The summed E-state index contributed by atoms with van der Waals surface area (Å²) >= 11 is 0. The third-order valence-electron chi connectivity index (χ3n) is 12.7. The maximum absolute atomic E-state index is 12.4. The fourth-order valence-electron chi connectivity index (χ4n) is 8.36. The number of ether oxygens (including phenoxy) is 1. The number of aliphatic hydroxyl groups excluding tert-OH is 2. The topological polar surface area (TPSA) is 95.9 Å². The molecule has 0 fully saturated rings. The minimum absolute atomic E-state index is 0.00453. The van der Waals surface area contributed by atoms with E-state index in [1.165, 1.54) is 199 Å². The van der Waals surface area contributed by atoms with Crippen molar-refractivity contribution in [3.05, 3.63) is 36.5 Å². The summed E-state index contributed by atoms with van der Waals surface area (Å²) in [5.74, 6) is -0.0508. The number of nitrogens with one attached hydrogen (secondary N) is 1. The summed E-state index contributed by atoms with van der Waals surface area (Å²) in [4.78, 5) is 24.4. The number of unbranched alkanes of at least 4 members (excludes halogenated alkanes) is 34. The van der Waals surface area contributed by atoms with Crippen molar-refractivity contribution in [2.75, 3.05) is 13.2 Å². The molecule has 0 spiro atoms. The standard InChI is InChI=1S/C57H107NO5/c1-3-5-7-9-11-13-15-30-33-37-41-45-49-55(60)54(53-59)58-56(61)50-46-42-38-34-31-27-25-23-21-19-17-16-18-20-22-24-26-28-32-36-40-44-48-52-63-57(62)51-47-43-39-35-29-14-12-10-8-6-4-2/h10,12,16,18-19,21,54-55,59-60H,3-9,11,13-15,17,20,22-53H2,1-2H3,(H,58,61)/b12-10-,18-16-,21-19-. The van der Waals surface area contributed by atoms with E-state index in [0.29, 0.717) is 25.9 Å². The van der Waals surface area contributed by atoms with Gasteiger partial charge in [0.1, 0.15) is 0 Å². The van der Waals surface area contributed by atoms with Crippen molar-refractivity contribution in [1.82, 2.24) is 5.32 Å². The molecule has 0 aliphatic rings. The molecule has 0 bridgehead atoms. The Morgan fingerprint density at radius 3 is 1.27 bits per heavy atom. The van der Waals surface area contributed by atoms with Gasteiger partial charge in [0.05, 0.1) is 25.4 Å². The molecular weight excluding hydrogens is 779 g/mol. The first-order chi connectivity index (χ1) is 31.0. The molecule has 0 aromatic carbocycles. The van der Waals surface area contributed by atoms with Crippen LogP contribution in [-0.2, 0) is 14.3 Å². The van der Waals surface area contributed by atoms with E-state index in [1.807, 2.05) is 0 Å². The van der Waals surface area contributed by atoms with Crippen LogP contribution in [0, 0.1) is 0 Å². The lowest BCUT2D eigenvalue weighted by molar-refractivity contribution is -0.143. The number of aliphatic hydroxyl groups is 2. The molecule has 0 aromatic rings. The maximum atomic E-state index is 12.4. The van der Waals surface area contributed by atoms with Crippen molar-refractivity contribution in [2.45, 2.75) is 302 Å². The molecule has 2 atom stereocenters. The highest BCUT2D eigenvalue weighted by molar-refractivity contribution is 5.76. The number of hydrogen-bond acceptors (Lipinski definition) is 5. The first-order valence-electron chi connectivity index (χ1n) is 27.7. The van der Waals surface area contributed by atoms with Gasteiger partial charge in [0.15, 0.2) is 0 Å². The van der Waals surface area contributed by atoms with E-state index in [-0.39, 0.29) is 18.5 Å². The van der Waals surface area contributed by atoms with Gasteiger partial charge in [-0.25, -0.2) is 0 Å². The smallest absolute Gasteiger partial charge is 0.305 e. The SMILES string of the molecule is CCCC/C=C\CCCCCCCC(=O)OCCCCCCCCCCC/C=C\C/C=C\CCCCCCCCCC(=O)NC(CO)C(O)CCCCCCCCCCCCCC. The molecule has 0 aromatic heterocycles. The highest BCUT2D eigenvalue weighted by atomic mass is 16.5. The summed E-state index contributed by atoms with van der Waals surface area (Å²) in [6.45, 7) is 4.90. The van der Waals surface area contributed by atoms with Crippen LogP contribution in [-0.4, -0.2) is 47.4 Å². The van der Waals surface area contributed by atoms with Gasteiger partial charge >= 0.3 is 5.97 Å². The van der Waals surface area contributed by atoms with Crippen molar-refractivity contribution in [3.8, 4) is 0 Å². The summed E-state index contributed by atoms with van der Waals surface area (Å²) in [6, 6.07) is -0.548. The Morgan fingerprint density at radius 2 is 0.810 bits per heavy atom. The zero-order valence-electron chi connectivity index (χ0n) is 42.1. The average molecular weight is 886 g/mol. The fourth-order valence-corrected chi connectivity index (χ4v) is 8.36. The van der Waals surface area contributed by atoms with Gasteiger partial charge in [-0.1, -0.05) is 237 Å². The summed E-state index contributed by atoms with van der Waals surface area (Å²) < 4.78 is 5.45. The molecule has 0 rings (SSSR count). The van der Waals surface area contributed by atoms with Crippen LogP contribution in [0.2, 0.25) is 0 Å². The van der Waals surface area contributed by atoms with Crippen molar-refractivity contribution >= 4 is 11.9 Å². The molecule has 6 nitrogen and oxygen atoms in total. The zero-order chi connectivity index (χ0) is 45.8. The quantitative estimate of drug-likeness (QED) is 0.0321. The van der Waals surface area contributed by atoms with Gasteiger partial charge in [-0.2, -0.15) is 0 Å². The highest BCUT2D eigenvalue weighted by Gasteiger charge is 2.20. The lowest BCUT2D eigenvalue weighted by atomic mass is 10.0. The first-order valence-corrected chi connectivity index (χ1v) is 27.7. The third kappa shape index (κ3) is 49.4. The molecule has 6 heteroatoms. The number of amides is 1. The largest absolute Gasteiger partial charge is 0.466 e. The second-order valence-electron chi connectivity index (χ2n) is 18.9. The van der Waals surface area contributed by atoms with E-state index in [9.17, 15) is 19.8 Å². The number of esters is 1. The number of allylic oxidation sites excluding steroid dienone is 6. The molecule has 1 amide bonds. The van der Waals surface area contributed by atoms with Crippen LogP contribution in [0.5, 0.6) is 0 Å². The van der Waals surface area contributed by atoms with E-state index < -0.39 is 12.1 Å². The van der Waals surface area contributed by atoms with E-state index >= 15 is 0 Å². The Balaban J connectivity index is 3.45. The van der Waals surface area contributed by atoms with Gasteiger partial charge in [0.2, 0.25) is 5.91 Å². The van der Waals surface area contributed by atoms with Gasteiger partial charge in [0.25, 0.3) is 0 Å². The monoisotopic (exact) mass is 886 g/mol. The van der Waals surface area contributed by atoms with Crippen LogP contribution in [0.4, 0.5) is 0 Å². The molecular formula is C57H107NO5. The number of carbonyl (C=O) groups excluding carboxylic acids is 2. The first kappa shape index (κ1) is 61.1. The van der Waals surface area contributed by atoms with Crippen LogP contribution >= 0.6 is 0 Å². The van der Waals surface area contributed by atoms with Crippen molar-refractivity contribution in [2.24, 2.45) is 0 Å². The van der Waals surface area contributed by atoms with Gasteiger partial charge in [-0.15, -0.1) is 0 Å². The second-order valence-corrected chi connectivity index (χ2v) is 18.9. The molecule has 0 aliphatic carbocycles. The van der Waals surface area contributed by atoms with Gasteiger partial charge in [-0.3, -0.25) is 9.59 Å². The summed E-state index contributed by atoms with van der Waals surface area (Å²) in [5, 5.41) is 23.2. The van der Waals surface area contributed by atoms with E-state index in [2.05, 4.69) is 55.6 Å². The number of rotatable bonds is 51. The van der Waals surface area contributed by atoms with Crippen LogP contribution in [0.25, 0.3) is 0 Å². The van der Waals surface area contributed by atoms with Gasteiger partial charge < -0.3 is 20.3 Å². The van der Waals surface area contributed by atoms with Crippen LogP contribution in [0.15, 0.2) is 36.5 Å². The third-order valence-corrected chi connectivity index (χ3v) is 12.7. The summed E-state index contributed by atoms with van der Waals surface area (Å²) in [7, 11) is 0.